The number of aryl methyl sites for hydroxylation is 1. The predicted octanol–water partition coefficient (Wildman–Crippen LogP) is 4.40. The Bertz CT molecular complexity index is 757. The summed E-state index contributed by atoms with van der Waals surface area (Å²) in [5.74, 6) is 0.216. The molecule has 4 heteroatoms. The van der Waals surface area contributed by atoms with Crippen LogP contribution in [-0.2, 0) is 0 Å². The molecule has 0 aliphatic heterocycles. The van der Waals surface area contributed by atoms with Gasteiger partial charge in [-0.1, -0.05) is 41.9 Å². The summed E-state index contributed by atoms with van der Waals surface area (Å²) in [5, 5.41) is 1.01. The van der Waals surface area contributed by atoms with Gasteiger partial charge in [-0.2, -0.15) is 0 Å². The molecule has 0 amide bonds. The van der Waals surface area contributed by atoms with Crippen molar-refractivity contribution < 1.29 is 4.39 Å². The lowest BCUT2D eigenvalue weighted by atomic mass is 10.1. The summed E-state index contributed by atoms with van der Waals surface area (Å²) in [7, 11) is 0. The molecule has 0 aliphatic carbocycles. The highest BCUT2D eigenvalue weighted by Crippen LogP contribution is 2.27. The number of halogens is 2. The van der Waals surface area contributed by atoms with Crippen LogP contribution < -0.4 is 0 Å². The molecule has 0 N–H and O–H groups in total. The quantitative estimate of drug-likeness (QED) is 0.614. The van der Waals surface area contributed by atoms with E-state index in [1.165, 1.54) is 6.07 Å². The molecule has 0 unspecified atom stereocenters. The fraction of sp³-hybridized carbons (Fsp3) is 0.0667. The minimum atomic E-state index is -0.290. The first-order valence-electron chi connectivity index (χ1n) is 5.84. The summed E-state index contributed by atoms with van der Waals surface area (Å²) in [4.78, 5) is 8.71. The Morgan fingerprint density at radius 3 is 2.47 bits per heavy atom. The second-order valence-corrected chi connectivity index (χ2v) is 4.63. The lowest BCUT2D eigenvalue weighted by molar-refractivity contribution is 0.620. The Kier molecular flexibility index (Phi) is 2.91. The first kappa shape index (κ1) is 12.1. The molecule has 94 valence electrons. The topological polar surface area (TPSA) is 25.8 Å². The van der Waals surface area contributed by atoms with Gasteiger partial charge in [0.1, 0.15) is 11.0 Å². The van der Waals surface area contributed by atoms with Gasteiger partial charge in [0.15, 0.2) is 5.82 Å². The normalized spacial score (nSPS) is 10.9. The lowest BCUT2D eigenvalue weighted by Crippen LogP contribution is -1.95. The summed E-state index contributed by atoms with van der Waals surface area (Å²) >= 11 is 6.16. The number of hydrogen-bond acceptors (Lipinski definition) is 2. The fourth-order valence-corrected chi connectivity index (χ4v) is 2.22. The zero-order valence-corrected chi connectivity index (χ0v) is 10.9. The van der Waals surface area contributed by atoms with Gasteiger partial charge in [-0.25, -0.2) is 14.4 Å². The second kappa shape index (κ2) is 4.59. The number of aromatic nitrogens is 2. The van der Waals surface area contributed by atoms with E-state index in [9.17, 15) is 4.39 Å². The molecule has 0 aliphatic rings. The maximum Gasteiger partial charge on any atom is 0.161 e. The summed E-state index contributed by atoms with van der Waals surface area (Å²) in [5.41, 5.74) is 1.90. The van der Waals surface area contributed by atoms with Gasteiger partial charge in [-0.05, 0) is 19.1 Å². The van der Waals surface area contributed by atoms with Crippen molar-refractivity contribution in [1.82, 2.24) is 9.97 Å². The number of nitrogens with zero attached hydrogens (tertiary/aromatic N) is 2. The van der Waals surface area contributed by atoms with E-state index in [1.54, 1.807) is 13.0 Å². The summed E-state index contributed by atoms with van der Waals surface area (Å²) in [6, 6.07) is 12.5. The standard InChI is InChI=1S/C15H10ClFN2/c1-9-12(17)8-7-11-13(9)18-15(19-14(11)16)10-5-3-2-4-6-10/h2-8H,1H3. The first-order valence-corrected chi connectivity index (χ1v) is 6.22. The van der Waals surface area contributed by atoms with E-state index in [-0.39, 0.29) is 5.82 Å². The Labute approximate surface area is 114 Å². The second-order valence-electron chi connectivity index (χ2n) is 4.27. The minimum Gasteiger partial charge on any atom is -0.228 e. The Morgan fingerprint density at radius 1 is 1.00 bits per heavy atom. The van der Waals surface area contributed by atoms with Crippen molar-refractivity contribution in [3.8, 4) is 11.4 Å². The largest absolute Gasteiger partial charge is 0.228 e. The van der Waals surface area contributed by atoms with Crippen LogP contribution in [0.25, 0.3) is 22.3 Å². The average molecular weight is 273 g/mol. The zero-order chi connectivity index (χ0) is 13.4. The summed E-state index contributed by atoms with van der Waals surface area (Å²) < 4.78 is 13.6. The molecule has 0 fully saturated rings. The highest BCUT2D eigenvalue weighted by atomic mass is 35.5. The molecule has 0 saturated heterocycles. The van der Waals surface area contributed by atoms with Crippen LogP contribution in [0, 0.1) is 12.7 Å². The van der Waals surface area contributed by atoms with E-state index in [0.29, 0.717) is 27.4 Å². The van der Waals surface area contributed by atoms with Crippen molar-refractivity contribution in [2.75, 3.05) is 0 Å². The Hall–Kier alpha value is -2.00. The van der Waals surface area contributed by atoms with Crippen molar-refractivity contribution in [1.29, 1.82) is 0 Å². The van der Waals surface area contributed by atoms with Crippen LogP contribution >= 0.6 is 11.6 Å². The van der Waals surface area contributed by atoms with Crippen molar-refractivity contribution in [3.63, 3.8) is 0 Å². The SMILES string of the molecule is Cc1c(F)ccc2c(Cl)nc(-c3ccccc3)nc12. The first-order chi connectivity index (χ1) is 9.16. The van der Waals surface area contributed by atoms with Crippen molar-refractivity contribution in [2.45, 2.75) is 6.92 Å². The molecule has 19 heavy (non-hydrogen) atoms. The van der Waals surface area contributed by atoms with Gasteiger partial charge < -0.3 is 0 Å². The summed E-state index contributed by atoms with van der Waals surface area (Å²) in [6.07, 6.45) is 0. The Morgan fingerprint density at radius 2 is 1.74 bits per heavy atom. The molecule has 1 heterocycles. The number of hydrogen-bond donors (Lipinski definition) is 0. The van der Waals surface area contributed by atoms with Crippen LogP contribution in [0.15, 0.2) is 42.5 Å². The number of rotatable bonds is 1. The van der Waals surface area contributed by atoms with Crippen molar-refractivity contribution in [3.05, 3.63) is 59.0 Å². The highest BCUT2D eigenvalue weighted by Gasteiger charge is 2.11. The van der Waals surface area contributed by atoms with Crippen LogP contribution in [-0.4, -0.2) is 9.97 Å². The molecule has 0 spiro atoms. The van der Waals surface area contributed by atoms with E-state index in [2.05, 4.69) is 9.97 Å². The van der Waals surface area contributed by atoms with Gasteiger partial charge in [0.05, 0.1) is 5.52 Å². The minimum absolute atomic E-state index is 0.290. The van der Waals surface area contributed by atoms with Crippen molar-refractivity contribution in [2.24, 2.45) is 0 Å². The zero-order valence-electron chi connectivity index (χ0n) is 10.2. The van der Waals surface area contributed by atoms with Gasteiger partial charge in [0, 0.05) is 16.5 Å². The molecule has 0 atom stereocenters. The molecule has 0 bridgehead atoms. The smallest absolute Gasteiger partial charge is 0.161 e. The van der Waals surface area contributed by atoms with Crippen LogP contribution in [0.4, 0.5) is 4.39 Å². The Balaban J connectivity index is 2.32. The van der Waals surface area contributed by atoms with Gasteiger partial charge >= 0.3 is 0 Å². The van der Waals surface area contributed by atoms with E-state index >= 15 is 0 Å². The van der Waals surface area contributed by atoms with Crippen LogP contribution in [0.3, 0.4) is 0 Å². The van der Waals surface area contributed by atoms with Crippen LogP contribution in [0.1, 0.15) is 5.56 Å². The monoisotopic (exact) mass is 272 g/mol. The van der Waals surface area contributed by atoms with Crippen molar-refractivity contribution >= 4 is 22.5 Å². The summed E-state index contributed by atoms with van der Waals surface area (Å²) in [6.45, 7) is 1.69. The highest BCUT2D eigenvalue weighted by molar-refractivity contribution is 6.34. The van der Waals surface area contributed by atoms with Gasteiger partial charge in [0.2, 0.25) is 0 Å². The van der Waals surface area contributed by atoms with Crippen LogP contribution in [0.5, 0.6) is 0 Å². The third-order valence-corrected chi connectivity index (χ3v) is 3.33. The molecular formula is C15H10ClFN2. The van der Waals surface area contributed by atoms with E-state index in [0.717, 1.165) is 5.56 Å². The molecule has 3 aromatic rings. The predicted molar refractivity (Wildman–Crippen MR) is 74.7 cm³/mol. The molecule has 3 rings (SSSR count). The third-order valence-electron chi connectivity index (χ3n) is 3.04. The lowest BCUT2D eigenvalue weighted by Gasteiger charge is -2.07. The fourth-order valence-electron chi connectivity index (χ4n) is 1.99. The van der Waals surface area contributed by atoms with Gasteiger partial charge in [-0.15, -0.1) is 0 Å². The maximum atomic E-state index is 13.6. The van der Waals surface area contributed by atoms with E-state index < -0.39 is 0 Å². The maximum absolute atomic E-state index is 13.6. The molecule has 0 radical (unpaired) electrons. The van der Waals surface area contributed by atoms with E-state index in [1.807, 2.05) is 30.3 Å². The number of benzene rings is 2. The van der Waals surface area contributed by atoms with E-state index in [4.69, 9.17) is 11.6 Å². The molecule has 2 nitrogen and oxygen atoms in total. The molecule has 2 aromatic carbocycles. The number of fused-ring (bicyclic) bond motifs is 1. The van der Waals surface area contributed by atoms with Gasteiger partial charge in [-0.3, -0.25) is 0 Å². The average Bonchev–Trinajstić information content (AvgIpc) is 2.44. The molecule has 1 aromatic heterocycles. The molecular weight excluding hydrogens is 263 g/mol. The van der Waals surface area contributed by atoms with Crippen LogP contribution in [0.2, 0.25) is 5.15 Å². The molecule has 0 saturated carbocycles. The third kappa shape index (κ3) is 2.06. The van der Waals surface area contributed by atoms with Gasteiger partial charge in [0.25, 0.3) is 0 Å².